The number of rotatable bonds is 3. The highest BCUT2D eigenvalue weighted by Crippen LogP contribution is 2.47. The van der Waals surface area contributed by atoms with Gasteiger partial charge in [0.15, 0.2) is 10.8 Å². The maximum atomic E-state index is 12.7. The zero-order chi connectivity index (χ0) is 16.1. The maximum Gasteiger partial charge on any atom is 0.265 e. The molecule has 1 aromatic carbocycles. The summed E-state index contributed by atoms with van der Waals surface area (Å²) >= 11 is 0.823. The molecule has 0 fully saturated rings. The number of hydrogen-bond acceptors (Lipinski definition) is 6. The van der Waals surface area contributed by atoms with Gasteiger partial charge in [0.2, 0.25) is 5.91 Å². The number of aliphatic hydroxyl groups is 1. The van der Waals surface area contributed by atoms with Gasteiger partial charge in [-0.15, -0.1) is 0 Å². The van der Waals surface area contributed by atoms with Crippen LogP contribution in [-0.4, -0.2) is 39.8 Å². The van der Waals surface area contributed by atoms with Crippen molar-refractivity contribution in [3.05, 3.63) is 29.8 Å². The smallest absolute Gasteiger partial charge is 0.265 e. The number of fused-ring (bicyclic) bond motifs is 1. The van der Waals surface area contributed by atoms with Crippen LogP contribution in [0.2, 0.25) is 0 Å². The number of carbonyl (C=O) groups excluding carboxylic acids is 3. The molecule has 9 heteroatoms. The van der Waals surface area contributed by atoms with Gasteiger partial charge in [-0.05, 0) is 6.07 Å². The highest BCUT2D eigenvalue weighted by Gasteiger charge is 2.59. The van der Waals surface area contributed by atoms with E-state index in [-0.39, 0.29) is 17.3 Å². The number of primary amides is 1. The second kappa shape index (κ2) is 4.82. The van der Waals surface area contributed by atoms with Crippen molar-refractivity contribution in [3.8, 4) is 0 Å². The Kier molecular flexibility index (Phi) is 3.18. The Hall–Kier alpha value is -2.39. The van der Waals surface area contributed by atoms with Gasteiger partial charge in [0, 0.05) is 5.56 Å². The van der Waals surface area contributed by atoms with E-state index in [0.717, 1.165) is 16.7 Å². The fourth-order valence-corrected chi connectivity index (χ4v) is 3.59. The number of carbonyl (C=O) groups is 3. The van der Waals surface area contributed by atoms with Gasteiger partial charge in [0.05, 0.1) is 5.69 Å². The summed E-state index contributed by atoms with van der Waals surface area (Å²) in [5.74, 6) is -2.20. The highest BCUT2D eigenvalue weighted by atomic mass is 32.2. The van der Waals surface area contributed by atoms with Gasteiger partial charge < -0.3 is 16.6 Å². The number of amidine groups is 1. The number of hydrogen-bond donors (Lipinski definition) is 3. The zero-order valence-corrected chi connectivity index (χ0v) is 12.0. The molecule has 0 spiro atoms. The van der Waals surface area contributed by atoms with Crippen molar-refractivity contribution >= 4 is 40.3 Å². The normalized spacial score (nSPS) is 27.0. The summed E-state index contributed by atoms with van der Waals surface area (Å²) in [6.45, 7) is -0.389. The van der Waals surface area contributed by atoms with Crippen molar-refractivity contribution in [2.24, 2.45) is 16.5 Å². The summed E-state index contributed by atoms with van der Waals surface area (Å²) in [5.41, 5.74) is 9.11. The largest absolute Gasteiger partial charge is 0.378 e. The Morgan fingerprint density at radius 2 is 2.09 bits per heavy atom. The molecule has 3 amide bonds. The number of anilines is 1. The SMILES string of the molecule is NC(=O)CN1C(=O)[C@](O)([C@@H]2SC(N)=NC2=O)c2ccccc21. The van der Waals surface area contributed by atoms with Gasteiger partial charge in [-0.1, -0.05) is 30.0 Å². The highest BCUT2D eigenvalue weighted by molar-refractivity contribution is 8.15. The first-order chi connectivity index (χ1) is 10.4. The minimum Gasteiger partial charge on any atom is -0.378 e. The molecule has 2 aliphatic rings. The Bertz CT molecular complexity index is 735. The lowest BCUT2D eigenvalue weighted by Crippen LogP contribution is -2.50. The third-order valence-electron chi connectivity index (χ3n) is 3.55. The van der Waals surface area contributed by atoms with Crippen LogP contribution in [0.1, 0.15) is 5.56 Å². The van der Waals surface area contributed by atoms with Crippen LogP contribution < -0.4 is 16.4 Å². The summed E-state index contributed by atoms with van der Waals surface area (Å²) in [6, 6.07) is 6.37. The molecule has 0 unspecified atom stereocenters. The number of amides is 3. The predicted octanol–water partition coefficient (Wildman–Crippen LogP) is -1.34. The van der Waals surface area contributed by atoms with Crippen LogP contribution in [0.3, 0.4) is 0 Å². The van der Waals surface area contributed by atoms with E-state index in [1.54, 1.807) is 18.2 Å². The van der Waals surface area contributed by atoms with Crippen molar-refractivity contribution in [2.75, 3.05) is 11.4 Å². The molecule has 0 radical (unpaired) electrons. The molecule has 3 rings (SSSR count). The first-order valence-corrected chi connectivity index (χ1v) is 7.20. The molecule has 1 aromatic rings. The second-order valence-corrected chi connectivity index (χ2v) is 6.05. The van der Waals surface area contributed by atoms with E-state index in [1.165, 1.54) is 6.07 Å². The number of nitrogens with zero attached hydrogens (tertiary/aromatic N) is 2. The van der Waals surface area contributed by atoms with E-state index in [9.17, 15) is 19.5 Å². The van der Waals surface area contributed by atoms with E-state index >= 15 is 0 Å². The lowest BCUT2D eigenvalue weighted by atomic mass is 9.91. The van der Waals surface area contributed by atoms with Gasteiger partial charge in [-0.2, -0.15) is 4.99 Å². The molecule has 2 aliphatic heterocycles. The van der Waals surface area contributed by atoms with E-state index in [1.807, 2.05) is 0 Å². The molecule has 22 heavy (non-hydrogen) atoms. The molecule has 0 aromatic heterocycles. The molecule has 8 nitrogen and oxygen atoms in total. The summed E-state index contributed by atoms with van der Waals surface area (Å²) in [6.07, 6.45) is 0. The lowest BCUT2D eigenvalue weighted by molar-refractivity contribution is -0.140. The van der Waals surface area contributed by atoms with Crippen molar-refractivity contribution in [1.29, 1.82) is 0 Å². The minimum absolute atomic E-state index is 0.0120. The maximum absolute atomic E-state index is 12.7. The van der Waals surface area contributed by atoms with Crippen molar-refractivity contribution in [3.63, 3.8) is 0 Å². The second-order valence-electron chi connectivity index (χ2n) is 4.93. The van der Waals surface area contributed by atoms with Gasteiger partial charge in [0.25, 0.3) is 11.8 Å². The molecule has 5 N–H and O–H groups in total. The van der Waals surface area contributed by atoms with Crippen LogP contribution in [0.4, 0.5) is 5.69 Å². The summed E-state index contributed by atoms with van der Waals surface area (Å²) in [5, 5.41) is 9.78. The van der Waals surface area contributed by atoms with E-state index < -0.39 is 28.6 Å². The van der Waals surface area contributed by atoms with Gasteiger partial charge in [-0.25, -0.2) is 0 Å². The Balaban J connectivity index is 2.11. The lowest BCUT2D eigenvalue weighted by Gasteiger charge is -2.26. The van der Waals surface area contributed by atoms with Crippen molar-refractivity contribution < 1.29 is 19.5 Å². The predicted molar refractivity (Wildman–Crippen MR) is 79.9 cm³/mol. The molecular weight excluding hydrogens is 308 g/mol. The van der Waals surface area contributed by atoms with Crippen LogP contribution in [0, 0.1) is 0 Å². The quantitative estimate of drug-likeness (QED) is 0.630. The molecule has 0 aliphatic carbocycles. The Morgan fingerprint density at radius 3 is 2.68 bits per heavy atom. The molecule has 2 atom stereocenters. The first kappa shape index (κ1) is 14.5. The van der Waals surface area contributed by atoms with Crippen molar-refractivity contribution in [2.45, 2.75) is 10.9 Å². The average molecular weight is 320 g/mol. The molecule has 0 saturated heterocycles. The van der Waals surface area contributed by atoms with Crippen LogP contribution >= 0.6 is 11.8 Å². The van der Waals surface area contributed by atoms with E-state index in [0.29, 0.717) is 5.69 Å². The Labute approximate surface area is 129 Å². The van der Waals surface area contributed by atoms with Crippen LogP contribution in [0.5, 0.6) is 0 Å². The van der Waals surface area contributed by atoms with Crippen LogP contribution in [0.15, 0.2) is 29.3 Å². The monoisotopic (exact) mass is 320 g/mol. The zero-order valence-electron chi connectivity index (χ0n) is 11.2. The number of thioether (sulfide) groups is 1. The first-order valence-electron chi connectivity index (χ1n) is 6.32. The number of para-hydroxylation sites is 1. The fourth-order valence-electron chi connectivity index (χ4n) is 2.66. The minimum atomic E-state index is -2.13. The molecule has 114 valence electrons. The summed E-state index contributed by atoms with van der Waals surface area (Å²) < 4.78 is 0. The van der Waals surface area contributed by atoms with E-state index in [4.69, 9.17) is 11.5 Å². The average Bonchev–Trinajstić information content (AvgIpc) is 2.91. The van der Waals surface area contributed by atoms with Gasteiger partial charge in [0.1, 0.15) is 11.8 Å². The van der Waals surface area contributed by atoms with E-state index in [2.05, 4.69) is 4.99 Å². The third kappa shape index (κ3) is 1.90. The van der Waals surface area contributed by atoms with Crippen molar-refractivity contribution in [1.82, 2.24) is 0 Å². The topological polar surface area (TPSA) is 139 Å². The van der Waals surface area contributed by atoms with Gasteiger partial charge in [-0.3, -0.25) is 19.3 Å². The molecular formula is C13H12N4O4S. The number of aliphatic imine (C=N–C) groups is 1. The number of nitrogens with two attached hydrogens (primary N) is 2. The third-order valence-corrected chi connectivity index (χ3v) is 4.66. The standard InChI is InChI=1S/C13H12N4O4S/c14-8(18)5-17-7-4-2-1-3-6(7)13(21,11(17)20)9-10(19)16-12(15)22-9/h1-4,9,21H,5H2,(H2,14,18)(H2,15,16,19)/t9-,13-/m1/s1. The number of benzene rings is 1. The van der Waals surface area contributed by atoms with Crippen LogP contribution in [-0.2, 0) is 20.0 Å². The molecule has 0 saturated carbocycles. The molecule has 2 heterocycles. The Morgan fingerprint density at radius 1 is 1.41 bits per heavy atom. The summed E-state index contributed by atoms with van der Waals surface area (Å²) in [4.78, 5) is 40.4. The summed E-state index contributed by atoms with van der Waals surface area (Å²) in [7, 11) is 0. The fraction of sp³-hybridized carbons (Fsp3) is 0.231. The molecule has 0 bridgehead atoms. The van der Waals surface area contributed by atoms with Crippen LogP contribution in [0.25, 0.3) is 0 Å². The van der Waals surface area contributed by atoms with Gasteiger partial charge >= 0.3 is 0 Å².